The number of ether oxygens (including phenoxy) is 1. The van der Waals surface area contributed by atoms with Gasteiger partial charge in [0.25, 0.3) is 5.91 Å². The van der Waals surface area contributed by atoms with E-state index in [4.69, 9.17) is 27.9 Å². The largest absolute Gasteiger partial charge is 0.376 e. The fraction of sp³-hybridized carbons (Fsp3) is 0.333. The number of aromatic nitrogens is 1. The molecule has 3 rings (SSSR count). The number of aryl methyl sites for hydroxylation is 1. The molecule has 146 valence electrons. The summed E-state index contributed by atoms with van der Waals surface area (Å²) in [5.41, 5.74) is 3.41. The van der Waals surface area contributed by atoms with Crippen molar-refractivity contribution in [1.82, 2.24) is 4.57 Å². The number of nitrogens with one attached hydrogen (secondary N) is 1. The molecule has 2 aromatic rings. The predicted octanol–water partition coefficient (Wildman–Crippen LogP) is 5.14. The molecule has 5 nitrogen and oxygen atoms in total. The van der Waals surface area contributed by atoms with Gasteiger partial charge in [0.1, 0.15) is 11.6 Å². The topological polar surface area (TPSA) is 67.0 Å². The van der Waals surface area contributed by atoms with Crippen LogP contribution in [0.25, 0.3) is 6.08 Å². The molecule has 1 aliphatic rings. The van der Waals surface area contributed by atoms with Gasteiger partial charge >= 0.3 is 0 Å². The van der Waals surface area contributed by atoms with E-state index in [-0.39, 0.29) is 11.7 Å². The number of rotatable bonds is 5. The van der Waals surface area contributed by atoms with Crippen molar-refractivity contribution in [3.8, 4) is 6.07 Å². The van der Waals surface area contributed by atoms with Crippen LogP contribution in [0.1, 0.15) is 29.8 Å². The van der Waals surface area contributed by atoms with Gasteiger partial charge in [-0.25, -0.2) is 0 Å². The summed E-state index contributed by atoms with van der Waals surface area (Å²) in [6.07, 6.45) is 3.97. The Morgan fingerprint density at radius 2 is 2.14 bits per heavy atom. The smallest absolute Gasteiger partial charge is 0.266 e. The van der Waals surface area contributed by atoms with Gasteiger partial charge in [0.15, 0.2) is 0 Å². The number of carbonyl (C=O) groups is 1. The third kappa shape index (κ3) is 4.59. The summed E-state index contributed by atoms with van der Waals surface area (Å²) < 4.78 is 7.90. The first-order chi connectivity index (χ1) is 13.4. The molecule has 0 aliphatic carbocycles. The summed E-state index contributed by atoms with van der Waals surface area (Å²) in [5.74, 6) is -0.496. The first-order valence-electron chi connectivity index (χ1n) is 9.05. The summed E-state index contributed by atoms with van der Waals surface area (Å²) in [7, 11) is 0. The number of halogens is 2. The summed E-state index contributed by atoms with van der Waals surface area (Å²) in [6, 6.07) is 8.73. The van der Waals surface area contributed by atoms with Crippen molar-refractivity contribution in [1.29, 1.82) is 5.26 Å². The summed E-state index contributed by atoms with van der Waals surface area (Å²) in [5, 5.41) is 12.9. The van der Waals surface area contributed by atoms with E-state index in [0.29, 0.717) is 15.7 Å². The lowest BCUT2D eigenvalue weighted by Crippen LogP contribution is -2.17. The Labute approximate surface area is 174 Å². The second-order valence-corrected chi connectivity index (χ2v) is 7.64. The van der Waals surface area contributed by atoms with E-state index in [1.807, 2.05) is 26.0 Å². The van der Waals surface area contributed by atoms with Crippen molar-refractivity contribution in [3.63, 3.8) is 0 Å². The molecule has 0 saturated carbocycles. The molecule has 7 heteroatoms. The molecule has 1 fully saturated rings. The van der Waals surface area contributed by atoms with Crippen molar-refractivity contribution >= 4 is 40.9 Å². The highest BCUT2D eigenvalue weighted by molar-refractivity contribution is 6.42. The van der Waals surface area contributed by atoms with Crippen molar-refractivity contribution in [2.24, 2.45) is 0 Å². The number of nitriles is 1. The van der Waals surface area contributed by atoms with E-state index in [9.17, 15) is 10.1 Å². The Hall–Kier alpha value is -2.26. The monoisotopic (exact) mass is 417 g/mol. The summed E-state index contributed by atoms with van der Waals surface area (Å²) >= 11 is 11.9. The van der Waals surface area contributed by atoms with Crippen molar-refractivity contribution in [2.45, 2.75) is 39.3 Å². The van der Waals surface area contributed by atoms with E-state index in [1.165, 1.54) is 0 Å². The molecule has 28 heavy (non-hydrogen) atoms. The van der Waals surface area contributed by atoms with Crippen LogP contribution in [0.15, 0.2) is 29.8 Å². The highest BCUT2D eigenvalue weighted by Gasteiger charge is 2.19. The molecule has 1 amide bonds. The van der Waals surface area contributed by atoms with E-state index in [1.54, 1.807) is 24.3 Å². The fourth-order valence-electron chi connectivity index (χ4n) is 3.32. The van der Waals surface area contributed by atoms with Gasteiger partial charge in [-0.3, -0.25) is 4.79 Å². The van der Waals surface area contributed by atoms with Crippen molar-refractivity contribution in [3.05, 3.63) is 56.8 Å². The molecule has 2 heterocycles. The van der Waals surface area contributed by atoms with Crippen molar-refractivity contribution in [2.75, 3.05) is 11.9 Å². The van der Waals surface area contributed by atoms with Gasteiger partial charge in [-0.15, -0.1) is 0 Å². The quantitative estimate of drug-likeness (QED) is 0.540. The van der Waals surface area contributed by atoms with Gasteiger partial charge in [0.05, 0.1) is 16.1 Å². The SMILES string of the molecule is Cc1cc(/C=C(\C#N)C(=O)Nc2ccc(Cl)c(Cl)c2)c(C)n1CC1CCCO1. The zero-order chi connectivity index (χ0) is 20.3. The zero-order valence-electron chi connectivity index (χ0n) is 15.8. The van der Waals surface area contributed by atoms with Crippen LogP contribution in [-0.2, 0) is 16.1 Å². The van der Waals surface area contributed by atoms with Gasteiger partial charge in [0, 0.05) is 30.2 Å². The van der Waals surface area contributed by atoms with Gasteiger partial charge in [0.2, 0.25) is 0 Å². The minimum atomic E-state index is -0.496. The zero-order valence-corrected chi connectivity index (χ0v) is 17.3. The van der Waals surface area contributed by atoms with E-state index in [0.717, 1.165) is 42.9 Å². The average Bonchev–Trinajstić information content (AvgIpc) is 3.26. The molecule has 1 saturated heterocycles. The third-order valence-corrected chi connectivity index (χ3v) is 5.60. The Morgan fingerprint density at radius 3 is 2.79 bits per heavy atom. The van der Waals surface area contributed by atoms with Crippen molar-refractivity contribution < 1.29 is 9.53 Å². The van der Waals surface area contributed by atoms with Crippen LogP contribution in [0.2, 0.25) is 10.0 Å². The fourth-order valence-corrected chi connectivity index (χ4v) is 3.62. The lowest BCUT2D eigenvalue weighted by atomic mass is 10.1. The van der Waals surface area contributed by atoms with Gasteiger partial charge in [-0.1, -0.05) is 23.2 Å². The predicted molar refractivity (Wildman–Crippen MR) is 112 cm³/mol. The maximum Gasteiger partial charge on any atom is 0.266 e. The number of benzene rings is 1. The Morgan fingerprint density at radius 1 is 1.36 bits per heavy atom. The van der Waals surface area contributed by atoms with Gasteiger partial charge < -0.3 is 14.6 Å². The molecule has 0 radical (unpaired) electrons. The Balaban J connectivity index is 1.80. The van der Waals surface area contributed by atoms with Crippen LogP contribution in [0.4, 0.5) is 5.69 Å². The highest BCUT2D eigenvalue weighted by Crippen LogP contribution is 2.26. The molecule has 1 atom stereocenters. The van der Waals surface area contributed by atoms with Crippen LogP contribution in [0.5, 0.6) is 0 Å². The van der Waals surface area contributed by atoms with Gasteiger partial charge in [-0.05, 0) is 62.6 Å². The third-order valence-electron chi connectivity index (χ3n) is 4.87. The average molecular weight is 418 g/mol. The minimum absolute atomic E-state index is 0.0171. The molecule has 1 aliphatic heterocycles. The molecule has 1 N–H and O–H groups in total. The minimum Gasteiger partial charge on any atom is -0.376 e. The number of carbonyl (C=O) groups excluding carboxylic acids is 1. The number of hydrogen-bond acceptors (Lipinski definition) is 3. The number of anilines is 1. The molecule has 1 aromatic heterocycles. The molecule has 1 aromatic carbocycles. The molecular weight excluding hydrogens is 397 g/mol. The standard InChI is InChI=1S/C21H21Cl2N3O2/c1-13-8-15(14(2)26(13)12-18-4-3-7-28-18)9-16(11-24)21(27)25-17-5-6-19(22)20(23)10-17/h5-6,8-10,18H,3-4,7,12H2,1-2H3,(H,25,27)/b16-9+. The van der Waals surface area contributed by atoms with E-state index < -0.39 is 5.91 Å². The van der Waals surface area contributed by atoms with Crippen LogP contribution < -0.4 is 5.32 Å². The van der Waals surface area contributed by atoms with Crippen LogP contribution in [-0.4, -0.2) is 23.2 Å². The van der Waals surface area contributed by atoms with Crippen LogP contribution in [0.3, 0.4) is 0 Å². The first-order valence-corrected chi connectivity index (χ1v) is 9.81. The van der Waals surface area contributed by atoms with E-state index >= 15 is 0 Å². The van der Waals surface area contributed by atoms with E-state index in [2.05, 4.69) is 9.88 Å². The summed E-state index contributed by atoms with van der Waals surface area (Å²) in [4.78, 5) is 12.5. The second kappa shape index (κ2) is 8.83. The maximum atomic E-state index is 12.5. The summed E-state index contributed by atoms with van der Waals surface area (Å²) in [6.45, 7) is 5.59. The lowest BCUT2D eigenvalue weighted by Gasteiger charge is -2.14. The highest BCUT2D eigenvalue weighted by atomic mass is 35.5. The van der Waals surface area contributed by atoms with Crippen LogP contribution >= 0.6 is 23.2 Å². The molecule has 1 unspecified atom stereocenters. The Bertz CT molecular complexity index is 967. The second-order valence-electron chi connectivity index (χ2n) is 6.82. The Kier molecular flexibility index (Phi) is 6.46. The van der Waals surface area contributed by atoms with Crippen LogP contribution in [0, 0.1) is 25.2 Å². The maximum absolute atomic E-state index is 12.5. The number of hydrogen-bond donors (Lipinski definition) is 1. The number of amides is 1. The normalized spacial score (nSPS) is 16.8. The number of nitrogens with zero attached hydrogens (tertiary/aromatic N) is 2. The molecular formula is C21H21Cl2N3O2. The van der Waals surface area contributed by atoms with Gasteiger partial charge in [-0.2, -0.15) is 5.26 Å². The molecule has 0 spiro atoms. The lowest BCUT2D eigenvalue weighted by molar-refractivity contribution is -0.112. The first kappa shape index (κ1) is 20.5. The molecule has 0 bridgehead atoms.